The molecule has 0 aliphatic carbocycles. The van der Waals surface area contributed by atoms with Crippen molar-refractivity contribution in [3.05, 3.63) is 65.2 Å². The topological polar surface area (TPSA) is 60.4 Å². The summed E-state index contributed by atoms with van der Waals surface area (Å²) in [4.78, 5) is 11.4. The summed E-state index contributed by atoms with van der Waals surface area (Å²) in [5.74, 6) is 4.96. The second-order valence-electron chi connectivity index (χ2n) is 4.15. The lowest BCUT2D eigenvalue weighted by Crippen LogP contribution is -1.99. The summed E-state index contributed by atoms with van der Waals surface area (Å²) in [6, 6.07) is 13.7. The number of rotatable bonds is 0. The van der Waals surface area contributed by atoms with Crippen LogP contribution in [0.5, 0.6) is 0 Å². The Hall–Kier alpha value is -2.58. The first-order valence-corrected chi connectivity index (χ1v) is 7.17. The van der Waals surface area contributed by atoms with E-state index in [1.165, 1.54) is 12.1 Å². The monoisotopic (exact) mass is 284 g/mol. The third kappa shape index (κ3) is 2.17. The Balaban J connectivity index is 2.02. The van der Waals surface area contributed by atoms with E-state index in [9.17, 15) is 13.2 Å². The molecule has 0 atom stereocenters. The zero-order valence-electron chi connectivity index (χ0n) is 10.2. The second-order valence-corrected chi connectivity index (χ2v) is 5.67. The van der Waals surface area contributed by atoms with E-state index in [1.807, 2.05) is 30.3 Å². The molecule has 0 radical (unpaired) electrons. The normalized spacial score (nSPS) is 14.9. The third-order valence-electron chi connectivity index (χ3n) is 2.78. The van der Waals surface area contributed by atoms with E-state index in [2.05, 4.69) is 16.0 Å². The molecule has 1 aliphatic heterocycles. The Labute approximate surface area is 116 Å². The second kappa shape index (κ2) is 4.51. The first-order valence-electron chi connectivity index (χ1n) is 5.76. The van der Waals surface area contributed by atoms with Crippen LogP contribution in [0.25, 0.3) is 0 Å². The van der Waals surface area contributed by atoms with Crippen LogP contribution in [-0.2, 0) is 14.3 Å². The van der Waals surface area contributed by atoms with Gasteiger partial charge in [-0.1, -0.05) is 30.0 Å². The highest BCUT2D eigenvalue weighted by atomic mass is 32.2. The van der Waals surface area contributed by atoms with E-state index in [1.54, 1.807) is 6.07 Å². The van der Waals surface area contributed by atoms with Crippen molar-refractivity contribution in [2.75, 3.05) is 0 Å². The maximum absolute atomic E-state index is 11.5. The average molecular weight is 284 g/mol. The lowest BCUT2D eigenvalue weighted by atomic mass is 10.1. The van der Waals surface area contributed by atoms with Crippen LogP contribution in [-0.4, -0.2) is 14.4 Å². The first kappa shape index (κ1) is 12.5. The van der Waals surface area contributed by atoms with Gasteiger partial charge in [0.2, 0.25) is 0 Å². The van der Waals surface area contributed by atoms with Crippen molar-refractivity contribution in [3.8, 4) is 11.8 Å². The van der Waals surface area contributed by atoms with Gasteiger partial charge in [0.25, 0.3) is 0 Å². The van der Waals surface area contributed by atoms with Crippen LogP contribution in [0.4, 0.5) is 0 Å². The smallest absolute Gasteiger partial charge is 0.338 e. The van der Waals surface area contributed by atoms with Crippen molar-refractivity contribution >= 4 is 16.1 Å². The van der Waals surface area contributed by atoms with Crippen molar-refractivity contribution in [2.45, 2.75) is 4.90 Å². The molecule has 1 aliphatic rings. The average Bonchev–Trinajstić information content (AvgIpc) is 2.67. The van der Waals surface area contributed by atoms with Crippen LogP contribution in [0.3, 0.4) is 0 Å². The number of hydrogen-bond donors (Lipinski definition) is 0. The van der Waals surface area contributed by atoms with Gasteiger partial charge in [-0.05, 0) is 30.3 Å². The van der Waals surface area contributed by atoms with E-state index in [0.29, 0.717) is 5.56 Å². The van der Waals surface area contributed by atoms with Crippen LogP contribution >= 0.6 is 0 Å². The molecule has 1 heterocycles. The predicted molar refractivity (Wildman–Crippen MR) is 71.5 cm³/mol. The van der Waals surface area contributed by atoms with Crippen molar-refractivity contribution < 1.29 is 17.4 Å². The summed E-state index contributed by atoms with van der Waals surface area (Å²) in [7, 11) is -3.94. The highest BCUT2D eigenvalue weighted by molar-refractivity contribution is 7.87. The van der Waals surface area contributed by atoms with Gasteiger partial charge in [-0.15, -0.1) is 0 Å². The zero-order chi connectivity index (χ0) is 14.2. The number of carbonyl (C=O) groups is 1. The van der Waals surface area contributed by atoms with Crippen LogP contribution < -0.4 is 0 Å². The largest absolute Gasteiger partial charge is 0.355 e. The van der Waals surface area contributed by atoms with Gasteiger partial charge < -0.3 is 4.18 Å². The molecule has 20 heavy (non-hydrogen) atoms. The van der Waals surface area contributed by atoms with Gasteiger partial charge in [-0.2, -0.15) is 8.42 Å². The quantitative estimate of drug-likeness (QED) is 0.548. The fourth-order valence-electron chi connectivity index (χ4n) is 1.84. The summed E-state index contributed by atoms with van der Waals surface area (Å²) in [5, 5.41) is 0. The summed E-state index contributed by atoms with van der Waals surface area (Å²) >= 11 is 0. The summed E-state index contributed by atoms with van der Waals surface area (Å²) in [6.45, 7) is 0. The molecule has 3 rings (SSSR count). The van der Waals surface area contributed by atoms with E-state index < -0.39 is 16.1 Å². The van der Waals surface area contributed by atoms with Crippen LogP contribution in [0.2, 0.25) is 0 Å². The van der Waals surface area contributed by atoms with E-state index in [4.69, 9.17) is 0 Å². The highest BCUT2D eigenvalue weighted by Crippen LogP contribution is 2.27. The minimum absolute atomic E-state index is 0.0323. The molecule has 0 unspecified atom stereocenters. The van der Waals surface area contributed by atoms with Gasteiger partial charge in [0.05, 0.1) is 5.56 Å². The molecule has 2 aromatic rings. The molecular weight excluding hydrogens is 276 g/mol. The van der Waals surface area contributed by atoms with E-state index in [-0.39, 0.29) is 10.5 Å². The number of fused-ring (bicyclic) bond motifs is 1. The van der Waals surface area contributed by atoms with Crippen molar-refractivity contribution in [1.29, 1.82) is 0 Å². The fraction of sp³-hybridized carbons (Fsp3) is 0. The maximum atomic E-state index is 11.5. The Bertz CT molecular complexity index is 856. The lowest BCUT2D eigenvalue weighted by Gasteiger charge is -1.94. The standard InChI is InChI=1S/C15H8O4S/c16-15-13-10-12(7-6-11-4-2-1-3-5-11)8-9-14(13)20(17,18)19-15/h1-5,8-10H. The van der Waals surface area contributed by atoms with Crippen LogP contribution in [0.1, 0.15) is 21.5 Å². The highest BCUT2D eigenvalue weighted by Gasteiger charge is 2.35. The molecule has 0 saturated heterocycles. The lowest BCUT2D eigenvalue weighted by molar-refractivity contribution is 0.0762. The molecule has 98 valence electrons. The van der Waals surface area contributed by atoms with Gasteiger partial charge in [0, 0.05) is 11.1 Å². The number of carbonyl (C=O) groups excluding carboxylic acids is 1. The van der Waals surface area contributed by atoms with Crippen molar-refractivity contribution in [3.63, 3.8) is 0 Å². The molecular formula is C15H8O4S. The Kier molecular flexibility index (Phi) is 2.81. The minimum Gasteiger partial charge on any atom is -0.338 e. The Morgan fingerprint density at radius 3 is 2.35 bits per heavy atom. The predicted octanol–water partition coefficient (Wildman–Crippen LogP) is 1.95. The summed E-state index contributed by atoms with van der Waals surface area (Å²) in [6.07, 6.45) is 0. The molecule has 0 bridgehead atoms. The Morgan fingerprint density at radius 2 is 1.60 bits per heavy atom. The molecule has 0 fully saturated rings. The molecule has 0 spiro atoms. The van der Waals surface area contributed by atoms with Gasteiger partial charge in [-0.3, -0.25) is 0 Å². The molecule has 4 nitrogen and oxygen atoms in total. The van der Waals surface area contributed by atoms with E-state index >= 15 is 0 Å². The number of benzene rings is 2. The Morgan fingerprint density at radius 1 is 0.900 bits per heavy atom. The van der Waals surface area contributed by atoms with Crippen molar-refractivity contribution in [2.24, 2.45) is 0 Å². The molecule has 0 N–H and O–H groups in total. The molecule has 2 aromatic carbocycles. The summed E-state index contributed by atoms with van der Waals surface area (Å²) in [5.41, 5.74) is 1.43. The summed E-state index contributed by atoms with van der Waals surface area (Å²) < 4.78 is 27.3. The van der Waals surface area contributed by atoms with E-state index in [0.717, 1.165) is 5.56 Å². The van der Waals surface area contributed by atoms with Gasteiger partial charge in [0.1, 0.15) is 4.90 Å². The zero-order valence-corrected chi connectivity index (χ0v) is 11.0. The van der Waals surface area contributed by atoms with Crippen LogP contribution in [0, 0.1) is 11.8 Å². The van der Waals surface area contributed by atoms with Crippen LogP contribution in [0.15, 0.2) is 53.4 Å². The van der Waals surface area contributed by atoms with Gasteiger partial charge >= 0.3 is 16.1 Å². The molecule has 0 aromatic heterocycles. The molecule has 5 heteroatoms. The first-order chi connectivity index (χ1) is 9.56. The van der Waals surface area contributed by atoms with Gasteiger partial charge in [-0.25, -0.2) is 4.79 Å². The third-order valence-corrected chi connectivity index (χ3v) is 4.04. The minimum atomic E-state index is -3.94. The SMILES string of the molecule is O=C1OS(=O)(=O)c2ccc(C#Cc3ccccc3)cc21. The fourth-order valence-corrected chi connectivity index (χ4v) is 2.87. The number of hydrogen-bond acceptors (Lipinski definition) is 4. The molecule has 0 amide bonds. The maximum Gasteiger partial charge on any atom is 0.355 e. The molecule has 0 saturated carbocycles. The van der Waals surface area contributed by atoms with Crippen molar-refractivity contribution in [1.82, 2.24) is 0 Å². The van der Waals surface area contributed by atoms with Gasteiger partial charge in [0.15, 0.2) is 0 Å².